The van der Waals surface area contributed by atoms with Gasteiger partial charge in [-0.1, -0.05) is 90.2 Å². The average molecular weight is 510 g/mol. The molecule has 1 unspecified atom stereocenters. The van der Waals surface area contributed by atoms with Gasteiger partial charge < -0.3 is 9.84 Å². The van der Waals surface area contributed by atoms with Crippen LogP contribution >= 0.6 is 11.3 Å². The minimum absolute atomic E-state index is 0.0111. The number of hydrogen-bond acceptors (Lipinski definition) is 7. The molecule has 0 aliphatic carbocycles. The normalized spacial score (nSPS) is 15.5. The zero-order valence-electron chi connectivity index (χ0n) is 19.9. The fraction of sp³-hybridized carbons (Fsp3) is 0.103. The largest absolute Gasteiger partial charge is 0.503 e. The van der Waals surface area contributed by atoms with Gasteiger partial charge in [0.05, 0.1) is 11.6 Å². The minimum atomic E-state index is -0.865. The Kier molecular flexibility index (Phi) is 6.91. The first-order valence-electron chi connectivity index (χ1n) is 11.6. The molecule has 0 radical (unpaired) electrons. The quantitative estimate of drug-likeness (QED) is 0.311. The molecule has 7 nitrogen and oxygen atoms in total. The number of aromatic nitrogens is 2. The Bertz CT molecular complexity index is 1480. The molecule has 1 atom stereocenters. The number of aliphatic hydroxyl groups is 1. The van der Waals surface area contributed by atoms with Crippen molar-refractivity contribution in [3.8, 4) is 5.75 Å². The summed E-state index contributed by atoms with van der Waals surface area (Å²) >= 11 is 1.21. The molecular weight excluding hydrogens is 486 g/mol. The van der Waals surface area contributed by atoms with Crippen LogP contribution in [-0.4, -0.2) is 27.0 Å². The van der Waals surface area contributed by atoms with E-state index in [4.69, 9.17) is 4.74 Å². The van der Waals surface area contributed by atoms with Crippen LogP contribution in [-0.2, 0) is 16.2 Å². The number of hydrogen-bond donors (Lipinski definition) is 1. The number of rotatable bonds is 8. The van der Waals surface area contributed by atoms with Gasteiger partial charge >= 0.3 is 0 Å². The molecule has 0 spiro atoms. The molecule has 4 aromatic rings. The summed E-state index contributed by atoms with van der Waals surface area (Å²) in [6.07, 6.45) is 3.02. The Labute approximate surface area is 218 Å². The maximum Gasteiger partial charge on any atom is 0.296 e. The van der Waals surface area contributed by atoms with Gasteiger partial charge in [-0.15, -0.1) is 10.2 Å². The van der Waals surface area contributed by atoms with Gasteiger partial charge in [-0.05, 0) is 41.8 Å². The molecule has 0 fully saturated rings. The lowest BCUT2D eigenvalue weighted by Gasteiger charge is -2.24. The topological polar surface area (TPSA) is 92.6 Å². The van der Waals surface area contributed by atoms with E-state index in [1.807, 2.05) is 60.7 Å². The highest BCUT2D eigenvalue weighted by Crippen LogP contribution is 2.42. The molecule has 8 heteroatoms. The summed E-state index contributed by atoms with van der Waals surface area (Å²) < 4.78 is 5.89. The summed E-state index contributed by atoms with van der Waals surface area (Å²) in [5, 5.41) is 19.9. The Morgan fingerprint density at radius 3 is 2.32 bits per heavy atom. The van der Waals surface area contributed by atoms with Crippen molar-refractivity contribution in [1.29, 1.82) is 0 Å². The minimum Gasteiger partial charge on any atom is -0.503 e. The highest BCUT2D eigenvalue weighted by atomic mass is 32.1. The van der Waals surface area contributed by atoms with E-state index in [0.717, 1.165) is 11.1 Å². The van der Waals surface area contributed by atoms with E-state index in [1.165, 1.54) is 22.3 Å². The molecule has 184 valence electrons. The van der Waals surface area contributed by atoms with Crippen LogP contribution in [0.15, 0.2) is 102 Å². The standard InChI is InChI=1S/C29H23N3O4S/c1-19-30-31-29(37-19)32-26(22-13-15-23(16-14-22)36-18-21-10-6-3-7-11-21)25(27(34)28(32)35)24(33)17-12-20-8-4-2-5-9-20/h2-17,26,34H,18H2,1H3/b17-12+. The second-order valence-electron chi connectivity index (χ2n) is 8.40. The third-order valence-corrected chi connectivity index (χ3v) is 6.70. The Hall–Kier alpha value is -4.56. The van der Waals surface area contributed by atoms with Gasteiger partial charge in [0.15, 0.2) is 11.5 Å². The number of ether oxygens (including phenoxy) is 1. The summed E-state index contributed by atoms with van der Waals surface area (Å²) in [7, 11) is 0. The van der Waals surface area contributed by atoms with Crippen LogP contribution in [0.25, 0.3) is 6.08 Å². The second-order valence-corrected chi connectivity index (χ2v) is 9.56. The maximum atomic E-state index is 13.3. The third kappa shape index (κ3) is 5.19. The lowest BCUT2D eigenvalue weighted by molar-refractivity contribution is -0.117. The van der Waals surface area contributed by atoms with Crippen LogP contribution in [0.1, 0.15) is 27.7 Å². The molecule has 1 amide bonds. The average Bonchev–Trinajstić information content (AvgIpc) is 3.47. The van der Waals surface area contributed by atoms with Crippen LogP contribution in [0.4, 0.5) is 5.13 Å². The highest BCUT2D eigenvalue weighted by Gasteiger charge is 2.45. The molecule has 3 aromatic carbocycles. The summed E-state index contributed by atoms with van der Waals surface area (Å²) in [5.74, 6) is -1.11. The fourth-order valence-corrected chi connectivity index (χ4v) is 4.78. The summed E-state index contributed by atoms with van der Waals surface area (Å²) in [5.41, 5.74) is 2.49. The predicted octanol–water partition coefficient (Wildman–Crippen LogP) is 5.61. The van der Waals surface area contributed by atoms with Crippen LogP contribution in [0.3, 0.4) is 0 Å². The van der Waals surface area contributed by atoms with Gasteiger partial charge in [0.2, 0.25) is 5.13 Å². The number of amides is 1. The van der Waals surface area contributed by atoms with Crippen molar-refractivity contribution in [2.24, 2.45) is 0 Å². The number of nitrogens with zero attached hydrogens (tertiary/aromatic N) is 3. The van der Waals surface area contributed by atoms with E-state index in [2.05, 4.69) is 10.2 Å². The number of anilines is 1. The SMILES string of the molecule is Cc1nnc(N2C(=O)C(O)=C(C(=O)/C=C/c3ccccc3)C2c2ccc(OCc3ccccc3)cc2)s1. The van der Waals surface area contributed by atoms with E-state index in [0.29, 0.717) is 28.1 Å². The summed E-state index contributed by atoms with van der Waals surface area (Å²) in [4.78, 5) is 27.8. The van der Waals surface area contributed by atoms with Crippen molar-refractivity contribution in [3.63, 3.8) is 0 Å². The van der Waals surface area contributed by atoms with Crippen molar-refractivity contribution < 1.29 is 19.4 Å². The van der Waals surface area contributed by atoms with Crippen LogP contribution in [0.2, 0.25) is 0 Å². The van der Waals surface area contributed by atoms with E-state index >= 15 is 0 Å². The van der Waals surface area contributed by atoms with Crippen LogP contribution in [0, 0.1) is 6.92 Å². The predicted molar refractivity (Wildman–Crippen MR) is 142 cm³/mol. The number of carbonyl (C=O) groups excluding carboxylic acids is 2. The van der Waals surface area contributed by atoms with Crippen molar-refractivity contribution in [2.75, 3.05) is 4.90 Å². The zero-order valence-corrected chi connectivity index (χ0v) is 20.8. The molecular formula is C29H23N3O4S. The van der Waals surface area contributed by atoms with E-state index in [-0.39, 0.29) is 5.57 Å². The van der Waals surface area contributed by atoms with Crippen LogP contribution in [0.5, 0.6) is 5.75 Å². The number of allylic oxidation sites excluding steroid dienone is 1. The van der Waals surface area contributed by atoms with E-state index in [1.54, 1.807) is 37.3 Å². The molecule has 1 aliphatic heterocycles. The fourth-order valence-electron chi connectivity index (χ4n) is 4.07. The number of ketones is 1. The van der Waals surface area contributed by atoms with Gasteiger partial charge in [0.25, 0.3) is 5.91 Å². The monoisotopic (exact) mass is 509 g/mol. The zero-order chi connectivity index (χ0) is 25.8. The smallest absolute Gasteiger partial charge is 0.296 e. The first-order chi connectivity index (χ1) is 18.0. The lowest BCUT2D eigenvalue weighted by Crippen LogP contribution is -2.30. The number of carbonyl (C=O) groups is 2. The molecule has 1 aliphatic rings. The number of benzene rings is 3. The molecule has 37 heavy (non-hydrogen) atoms. The lowest BCUT2D eigenvalue weighted by atomic mass is 9.95. The Morgan fingerprint density at radius 2 is 1.68 bits per heavy atom. The van der Waals surface area contributed by atoms with Crippen LogP contribution < -0.4 is 9.64 Å². The molecule has 5 rings (SSSR count). The molecule has 0 saturated carbocycles. The van der Waals surface area contributed by atoms with E-state index in [9.17, 15) is 14.7 Å². The third-order valence-electron chi connectivity index (χ3n) is 5.87. The summed E-state index contributed by atoms with van der Waals surface area (Å²) in [6, 6.07) is 25.4. The van der Waals surface area contributed by atoms with Gasteiger partial charge in [-0.2, -0.15) is 0 Å². The van der Waals surface area contributed by atoms with Crippen molar-refractivity contribution in [3.05, 3.63) is 124 Å². The number of aliphatic hydroxyl groups excluding tert-OH is 1. The number of aryl methyl sites for hydroxylation is 1. The van der Waals surface area contributed by atoms with Gasteiger partial charge in [0.1, 0.15) is 17.4 Å². The second kappa shape index (κ2) is 10.6. The Morgan fingerprint density at radius 1 is 1.00 bits per heavy atom. The highest BCUT2D eigenvalue weighted by molar-refractivity contribution is 7.15. The van der Waals surface area contributed by atoms with Crippen molar-refractivity contribution in [2.45, 2.75) is 19.6 Å². The molecule has 2 heterocycles. The molecule has 1 N–H and O–H groups in total. The van der Waals surface area contributed by atoms with Crippen molar-refractivity contribution >= 4 is 34.2 Å². The van der Waals surface area contributed by atoms with E-state index < -0.39 is 23.5 Å². The molecule has 0 bridgehead atoms. The van der Waals surface area contributed by atoms with Gasteiger partial charge in [-0.3, -0.25) is 14.5 Å². The van der Waals surface area contributed by atoms with Gasteiger partial charge in [0, 0.05) is 0 Å². The summed E-state index contributed by atoms with van der Waals surface area (Å²) in [6.45, 7) is 2.19. The maximum absolute atomic E-state index is 13.3. The van der Waals surface area contributed by atoms with Gasteiger partial charge in [-0.25, -0.2) is 0 Å². The van der Waals surface area contributed by atoms with Crippen molar-refractivity contribution in [1.82, 2.24) is 10.2 Å². The first kappa shape index (κ1) is 24.1. The molecule has 0 saturated heterocycles. The molecule has 1 aromatic heterocycles. The Balaban J connectivity index is 1.46. The first-order valence-corrected chi connectivity index (χ1v) is 12.4.